The highest BCUT2D eigenvalue weighted by Crippen LogP contribution is 2.17. The predicted molar refractivity (Wildman–Crippen MR) is 62.8 cm³/mol. The summed E-state index contributed by atoms with van der Waals surface area (Å²) >= 11 is 0. The smallest absolute Gasteiger partial charge is 0.0834 e. The van der Waals surface area contributed by atoms with E-state index in [1.54, 1.807) is 0 Å². The van der Waals surface area contributed by atoms with Gasteiger partial charge in [-0.15, -0.1) is 0 Å². The first kappa shape index (κ1) is 11.8. The van der Waals surface area contributed by atoms with E-state index in [0.717, 1.165) is 17.1 Å². The lowest BCUT2D eigenvalue weighted by Crippen LogP contribution is -2.18. The second-order valence-electron chi connectivity index (χ2n) is 4.17. The summed E-state index contributed by atoms with van der Waals surface area (Å²) in [4.78, 5) is 0.779. The van der Waals surface area contributed by atoms with E-state index < -0.39 is 16.9 Å². The molecule has 2 rings (SSSR count). The van der Waals surface area contributed by atoms with Gasteiger partial charge in [-0.25, -0.2) is 0 Å². The van der Waals surface area contributed by atoms with E-state index in [2.05, 4.69) is 0 Å². The van der Waals surface area contributed by atoms with Crippen molar-refractivity contribution < 1.29 is 14.1 Å². The zero-order valence-corrected chi connectivity index (χ0v) is 10.1. The maximum absolute atomic E-state index is 11.9. The van der Waals surface area contributed by atoms with E-state index in [-0.39, 0.29) is 6.10 Å². The average molecular weight is 240 g/mol. The standard InChI is InChI=1S/C12H16O3S/c1-9-2-4-12(5-3-9)16(14)8-10(13)6-11-7-15-11/h2-5,10-11,13H,6-8H2,1H3/t10-,11-,16?/m1/s1. The van der Waals surface area contributed by atoms with Gasteiger partial charge in [0.25, 0.3) is 0 Å². The number of rotatable bonds is 5. The summed E-state index contributed by atoms with van der Waals surface area (Å²) in [5.41, 5.74) is 1.15. The lowest BCUT2D eigenvalue weighted by molar-refractivity contribution is 0.174. The number of hydrogen-bond acceptors (Lipinski definition) is 3. The van der Waals surface area contributed by atoms with Gasteiger partial charge in [-0.3, -0.25) is 4.21 Å². The second-order valence-corrected chi connectivity index (χ2v) is 5.67. The van der Waals surface area contributed by atoms with Crippen LogP contribution in [-0.2, 0) is 15.5 Å². The van der Waals surface area contributed by atoms with Crippen LogP contribution in [0.15, 0.2) is 29.2 Å². The van der Waals surface area contributed by atoms with Crippen molar-refractivity contribution in [1.82, 2.24) is 0 Å². The van der Waals surface area contributed by atoms with Crippen molar-refractivity contribution in [3.05, 3.63) is 29.8 Å². The van der Waals surface area contributed by atoms with E-state index in [1.807, 2.05) is 31.2 Å². The third kappa shape index (κ3) is 3.40. The Bertz CT molecular complexity index is 370. The molecule has 4 heteroatoms. The Morgan fingerprint density at radius 3 is 2.69 bits per heavy atom. The Morgan fingerprint density at radius 2 is 2.12 bits per heavy atom. The Labute approximate surface area is 97.9 Å². The third-order valence-electron chi connectivity index (χ3n) is 2.56. The average Bonchev–Trinajstić information content (AvgIpc) is 3.02. The molecule has 0 amide bonds. The van der Waals surface area contributed by atoms with Gasteiger partial charge in [0.1, 0.15) is 0 Å². The summed E-state index contributed by atoms with van der Waals surface area (Å²) < 4.78 is 16.9. The lowest BCUT2D eigenvalue weighted by atomic mass is 10.2. The summed E-state index contributed by atoms with van der Waals surface area (Å²) in [7, 11) is -1.12. The molecular weight excluding hydrogens is 224 g/mol. The van der Waals surface area contributed by atoms with Gasteiger partial charge >= 0.3 is 0 Å². The number of benzene rings is 1. The molecule has 16 heavy (non-hydrogen) atoms. The van der Waals surface area contributed by atoms with Gasteiger partial charge in [0.05, 0.1) is 35.4 Å². The molecule has 1 aliphatic heterocycles. The summed E-state index contributed by atoms with van der Waals surface area (Å²) in [5.74, 6) is 0.295. The van der Waals surface area contributed by atoms with Gasteiger partial charge in [-0.05, 0) is 19.1 Å². The van der Waals surface area contributed by atoms with Crippen molar-refractivity contribution in [2.24, 2.45) is 0 Å². The first-order chi connectivity index (χ1) is 7.65. The van der Waals surface area contributed by atoms with Crippen LogP contribution in [0.3, 0.4) is 0 Å². The van der Waals surface area contributed by atoms with Gasteiger partial charge < -0.3 is 9.84 Å². The maximum Gasteiger partial charge on any atom is 0.0834 e. The van der Waals surface area contributed by atoms with Gasteiger partial charge in [-0.1, -0.05) is 17.7 Å². The van der Waals surface area contributed by atoms with Crippen LogP contribution in [0.25, 0.3) is 0 Å². The minimum Gasteiger partial charge on any atom is -0.392 e. The molecule has 0 spiro atoms. The van der Waals surface area contributed by atoms with Gasteiger partial charge in [0.15, 0.2) is 0 Å². The molecule has 0 aliphatic carbocycles. The van der Waals surface area contributed by atoms with E-state index in [0.29, 0.717) is 12.2 Å². The van der Waals surface area contributed by atoms with Crippen molar-refractivity contribution in [3.8, 4) is 0 Å². The van der Waals surface area contributed by atoms with Gasteiger partial charge in [-0.2, -0.15) is 0 Å². The van der Waals surface area contributed by atoms with Gasteiger partial charge in [0.2, 0.25) is 0 Å². The summed E-state index contributed by atoms with van der Waals surface area (Å²) in [6.45, 7) is 2.72. The first-order valence-electron chi connectivity index (χ1n) is 5.40. The van der Waals surface area contributed by atoms with Gasteiger partial charge in [0, 0.05) is 11.3 Å². The van der Waals surface area contributed by atoms with E-state index >= 15 is 0 Å². The van der Waals surface area contributed by atoms with Crippen LogP contribution in [0.1, 0.15) is 12.0 Å². The SMILES string of the molecule is Cc1ccc(S(=O)C[C@H](O)C[C@@H]2CO2)cc1. The zero-order valence-electron chi connectivity index (χ0n) is 9.26. The molecule has 1 aromatic rings. The van der Waals surface area contributed by atoms with E-state index in [4.69, 9.17) is 4.74 Å². The summed E-state index contributed by atoms with van der Waals surface area (Å²) in [6.07, 6.45) is 0.247. The Kier molecular flexibility index (Phi) is 3.74. The van der Waals surface area contributed by atoms with E-state index in [1.165, 1.54) is 0 Å². The number of ether oxygens (including phenoxy) is 1. The Morgan fingerprint density at radius 1 is 1.50 bits per heavy atom. The number of aliphatic hydroxyl groups excluding tert-OH is 1. The van der Waals surface area contributed by atoms with Crippen LogP contribution in [0, 0.1) is 6.92 Å². The molecule has 3 nitrogen and oxygen atoms in total. The lowest BCUT2D eigenvalue weighted by Gasteiger charge is -2.08. The highest BCUT2D eigenvalue weighted by molar-refractivity contribution is 7.85. The second kappa shape index (κ2) is 5.08. The fourth-order valence-corrected chi connectivity index (χ4v) is 2.65. The quantitative estimate of drug-likeness (QED) is 0.788. The van der Waals surface area contributed by atoms with Crippen molar-refractivity contribution >= 4 is 10.8 Å². The van der Waals surface area contributed by atoms with Crippen LogP contribution in [-0.4, -0.2) is 33.9 Å². The van der Waals surface area contributed by atoms with Crippen LogP contribution in [0.4, 0.5) is 0 Å². The van der Waals surface area contributed by atoms with Crippen molar-refractivity contribution in [2.45, 2.75) is 30.4 Å². The van der Waals surface area contributed by atoms with Crippen LogP contribution >= 0.6 is 0 Å². The largest absolute Gasteiger partial charge is 0.392 e. The van der Waals surface area contributed by atoms with Crippen LogP contribution in [0.2, 0.25) is 0 Å². The minimum absolute atomic E-state index is 0.185. The fourth-order valence-electron chi connectivity index (χ4n) is 1.54. The van der Waals surface area contributed by atoms with Crippen molar-refractivity contribution in [1.29, 1.82) is 0 Å². The van der Waals surface area contributed by atoms with Crippen LogP contribution in [0.5, 0.6) is 0 Å². The molecule has 88 valence electrons. The molecule has 0 radical (unpaired) electrons. The molecule has 1 saturated heterocycles. The van der Waals surface area contributed by atoms with Crippen LogP contribution < -0.4 is 0 Å². The molecule has 1 unspecified atom stereocenters. The van der Waals surface area contributed by atoms with E-state index in [9.17, 15) is 9.32 Å². The normalized spacial score (nSPS) is 22.8. The molecular formula is C12H16O3S. The molecule has 3 atom stereocenters. The summed E-state index contributed by atoms with van der Waals surface area (Å²) in [5, 5.41) is 9.67. The molecule has 1 N–H and O–H groups in total. The molecule has 0 bridgehead atoms. The topological polar surface area (TPSA) is 49.8 Å². The summed E-state index contributed by atoms with van der Waals surface area (Å²) in [6, 6.07) is 7.57. The third-order valence-corrected chi connectivity index (χ3v) is 4.05. The first-order valence-corrected chi connectivity index (χ1v) is 6.72. The Hall–Kier alpha value is -0.710. The Balaban J connectivity index is 1.88. The number of hydrogen-bond donors (Lipinski definition) is 1. The van der Waals surface area contributed by atoms with Crippen molar-refractivity contribution in [3.63, 3.8) is 0 Å². The fraction of sp³-hybridized carbons (Fsp3) is 0.500. The van der Waals surface area contributed by atoms with Crippen molar-refractivity contribution in [2.75, 3.05) is 12.4 Å². The molecule has 1 fully saturated rings. The predicted octanol–water partition coefficient (Wildman–Crippen LogP) is 1.25. The highest BCUT2D eigenvalue weighted by Gasteiger charge is 2.26. The number of epoxide rings is 1. The molecule has 1 aromatic carbocycles. The molecule has 1 aliphatic rings. The molecule has 0 saturated carbocycles. The number of aliphatic hydroxyl groups is 1. The monoisotopic (exact) mass is 240 g/mol. The minimum atomic E-state index is -1.12. The zero-order chi connectivity index (χ0) is 11.5. The maximum atomic E-state index is 11.9. The molecule has 1 heterocycles. The molecule has 0 aromatic heterocycles. The highest BCUT2D eigenvalue weighted by atomic mass is 32.2. The number of aryl methyl sites for hydroxylation is 1.